The van der Waals surface area contributed by atoms with Crippen LogP contribution in [0.15, 0.2) is 0 Å². The minimum Gasteiger partial charge on any atom is -0.384 e. The minimum atomic E-state index is 0.639. The summed E-state index contributed by atoms with van der Waals surface area (Å²) in [4.78, 5) is 9.17. The number of hydrogen-bond acceptors (Lipinski definition) is 2. The lowest BCUT2D eigenvalue weighted by molar-refractivity contribution is -0.107. The van der Waals surface area contributed by atoms with Gasteiger partial charge in [0.2, 0.25) is 0 Å². The van der Waals surface area contributed by atoms with Crippen molar-refractivity contribution in [3.8, 4) is 0 Å². The van der Waals surface area contributed by atoms with Crippen LogP contribution in [0.4, 0.5) is 0 Å². The highest BCUT2D eigenvalue weighted by Crippen LogP contribution is 1.88. The van der Waals surface area contributed by atoms with Gasteiger partial charge in [-0.15, -0.1) is 0 Å². The summed E-state index contributed by atoms with van der Waals surface area (Å²) in [5, 5.41) is 0. The fourth-order valence-corrected chi connectivity index (χ4v) is 0.333. The van der Waals surface area contributed by atoms with Gasteiger partial charge in [-0.2, -0.15) is 0 Å². The van der Waals surface area contributed by atoms with Crippen LogP contribution in [-0.4, -0.2) is 20.0 Å². The topological polar surface area (TPSA) is 26.3 Å². The molecule has 0 aromatic rings. The molecular formula is C8H18O2. The molecule has 0 spiro atoms. The zero-order valence-corrected chi connectivity index (χ0v) is 7.39. The van der Waals surface area contributed by atoms with Crippen LogP contribution in [0, 0.1) is 5.92 Å². The summed E-state index contributed by atoms with van der Waals surface area (Å²) in [6.45, 7) is 6.94. The van der Waals surface area contributed by atoms with Gasteiger partial charge in [-0.3, -0.25) is 0 Å². The van der Waals surface area contributed by atoms with E-state index < -0.39 is 0 Å². The lowest BCUT2D eigenvalue weighted by atomic mass is 10.2. The van der Waals surface area contributed by atoms with Crippen LogP contribution in [0.1, 0.15) is 27.2 Å². The predicted octanol–water partition coefficient (Wildman–Crippen LogP) is 1.88. The standard InChI is InChI=1S/C5H12O.C3H6O/c1-5(2)4-6-3;1-2-3-4/h5H,4H2,1-3H3;3H,2H2,1H3. The first-order valence-electron chi connectivity index (χ1n) is 3.61. The summed E-state index contributed by atoms with van der Waals surface area (Å²) in [5.41, 5.74) is 0. The van der Waals surface area contributed by atoms with E-state index in [9.17, 15) is 4.79 Å². The Bertz CT molecular complexity index is 60.3. The molecule has 2 heteroatoms. The fourth-order valence-electron chi connectivity index (χ4n) is 0.333. The molecule has 0 saturated carbocycles. The molecule has 10 heavy (non-hydrogen) atoms. The summed E-state index contributed by atoms with van der Waals surface area (Å²) < 4.78 is 4.80. The van der Waals surface area contributed by atoms with Gasteiger partial charge in [-0.05, 0) is 5.92 Å². The van der Waals surface area contributed by atoms with Crippen molar-refractivity contribution in [2.75, 3.05) is 13.7 Å². The van der Waals surface area contributed by atoms with E-state index in [-0.39, 0.29) is 0 Å². The average Bonchev–Trinajstić information content (AvgIpc) is 1.89. The third-order valence-corrected chi connectivity index (χ3v) is 0.667. The summed E-state index contributed by atoms with van der Waals surface area (Å²) in [7, 11) is 1.72. The second-order valence-corrected chi connectivity index (χ2v) is 2.42. The molecule has 0 radical (unpaired) electrons. The van der Waals surface area contributed by atoms with Gasteiger partial charge in [0.1, 0.15) is 6.29 Å². The maximum Gasteiger partial charge on any atom is 0.119 e. The van der Waals surface area contributed by atoms with Crippen LogP contribution in [-0.2, 0) is 9.53 Å². The minimum absolute atomic E-state index is 0.639. The molecule has 0 atom stereocenters. The second-order valence-electron chi connectivity index (χ2n) is 2.42. The maximum atomic E-state index is 9.17. The van der Waals surface area contributed by atoms with Gasteiger partial charge in [0.05, 0.1) is 0 Å². The molecule has 0 amide bonds. The van der Waals surface area contributed by atoms with Crippen LogP contribution in [0.25, 0.3) is 0 Å². The van der Waals surface area contributed by atoms with Gasteiger partial charge in [-0.1, -0.05) is 20.8 Å². The number of ether oxygens (including phenoxy) is 1. The van der Waals surface area contributed by atoms with E-state index in [1.165, 1.54) is 0 Å². The normalized spacial score (nSPS) is 8.50. The van der Waals surface area contributed by atoms with E-state index in [2.05, 4.69) is 13.8 Å². The first kappa shape index (κ1) is 12.3. The van der Waals surface area contributed by atoms with Crippen molar-refractivity contribution in [2.24, 2.45) is 5.92 Å². The summed E-state index contributed by atoms with van der Waals surface area (Å²) in [5.74, 6) is 0.676. The Morgan fingerprint density at radius 1 is 1.50 bits per heavy atom. The molecule has 0 aliphatic rings. The smallest absolute Gasteiger partial charge is 0.119 e. The van der Waals surface area contributed by atoms with Crippen molar-refractivity contribution in [3.63, 3.8) is 0 Å². The van der Waals surface area contributed by atoms with E-state index in [1.807, 2.05) is 6.92 Å². The third-order valence-electron chi connectivity index (χ3n) is 0.667. The molecule has 0 unspecified atom stereocenters. The molecule has 0 aromatic heterocycles. The molecule has 0 aromatic carbocycles. The SMILES string of the molecule is CCC=O.COCC(C)C. The largest absolute Gasteiger partial charge is 0.384 e. The summed E-state index contributed by atoms with van der Waals surface area (Å²) in [6.07, 6.45) is 1.51. The molecule has 0 bridgehead atoms. The van der Waals surface area contributed by atoms with Crippen LogP contribution in [0.2, 0.25) is 0 Å². The highest BCUT2D eigenvalue weighted by Gasteiger charge is 1.85. The van der Waals surface area contributed by atoms with Crippen LogP contribution in [0.3, 0.4) is 0 Å². The Morgan fingerprint density at radius 3 is 1.90 bits per heavy atom. The predicted molar refractivity (Wildman–Crippen MR) is 43.1 cm³/mol. The monoisotopic (exact) mass is 146 g/mol. The Balaban J connectivity index is 0. The van der Waals surface area contributed by atoms with Crippen molar-refractivity contribution in [1.29, 1.82) is 0 Å². The van der Waals surface area contributed by atoms with Gasteiger partial charge >= 0.3 is 0 Å². The van der Waals surface area contributed by atoms with Crippen molar-refractivity contribution in [3.05, 3.63) is 0 Å². The second kappa shape index (κ2) is 11.4. The van der Waals surface area contributed by atoms with E-state index >= 15 is 0 Å². The lowest BCUT2D eigenvalue weighted by Gasteiger charge is -1.97. The number of aldehydes is 1. The maximum absolute atomic E-state index is 9.17. The zero-order chi connectivity index (χ0) is 8.41. The van der Waals surface area contributed by atoms with Crippen molar-refractivity contribution in [1.82, 2.24) is 0 Å². The molecule has 0 aliphatic carbocycles. The highest BCUT2D eigenvalue weighted by atomic mass is 16.5. The number of hydrogen-bond donors (Lipinski definition) is 0. The van der Waals surface area contributed by atoms with E-state index in [0.29, 0.717) is 12.3 Å². The molecule has 0 saturated heterocycles. The van der Waals surface area contributed by atoms with Gasteiger partial charge in [0, 0.05) is 20.1 Å². The van der Waals surface area contributed by atoms with Crippen molar-refractivity contribution in [2.45, 2.75) is 27.2 Å². The highest BCUT2D eigenvalue weighted by molar-refractivity contribution is 5.48. The lowest BCUT2D eigenvalue weighted by Crippen LogP contribution is -1.96. The van der Waals surface area contributed by atoms with E-state index in [4.69, 9.17) is 4.74 Å². The van der Waals surface area contributed by atoms with Crippen molar-refractivity contribution < 1.29 is 9.53 Å². The number of carbonyl (C=O) groups excluding carboxylic acids is 1. The van der Waals surface area contributed by atoms with Gasteiger partial charge < -0.3 is 9.53 Å². The van der Waals surface area contributed by atoms with E-state index in [0.717, 1.165) is 12.9 Å². The van der Waals surface area contributed by atoms with Crippen LogP contribution in [0.5, 0.6) is 0 Å². The molecule has 0 heterocycles. The first-order chi connectivity index (χ1) is 4.68. The molecular weight excluding hydrogens is 128 g/mol. The Labute approximate surface area is 63.6 Å². The summed E-state index contributed by atoms with van der Waals surface area (Å²) >= 11 is 0. The summed E-state index contributed by atoms with van der Waals surface area (Å²) in [6, 6.07) is 0. The molecule has 0 aliphatic heterocycles. The third kappa shape index (κ3) is 25.5. The fraction of sp³-hybridized carbons (Fsp3) is 0.875. The number of methoxy groups -OCH3 is 1. The Hall–Kier alpha value is -0.370. The first-order valence-corrected chi connectivity index (χ1v) is 3.61. The molecule has 62 valence electrons. The van der Waals surface area contributed by atoms with Gasteiger partial charge in [0.25, 0.3) is 0 Å². The molecule has 0 rings (SSSR count). The van der Waals surface area contributed by atoms with Gasteiger partial charge in [-0.25, -0.2) is 0 Å². The Kier molecular flexibility index (Phi) is 14.1. The number of carbonyl (C=O) groups is 1. The van der Waals surface area contributed by atoms with Crippen LogP contribution >= 0.6 is 0 Å². The Morgan fingerprint density at radius 2 is 1.90 bits per heavy atom. The van der Waals surface area contributed by atoms with Crippen molar-refractivity contribution >= 4 is 6.29 Å². The molecule has 2 nitrogen and oxygen atoms in total. The number of rotatable bonds is 3. The van der Waals surface area contributed by atoms with Gasteiger partial charge in [0.15, 0.2) is 0 Å². The zero-order valence-electron chi connectivity index (χ0n) is 7.39. The van der Waals surface area contributed by atoms with E-state index in [1.54, 1.807) is 7.11 Å². The molecule has 0 N–H and O–H groups in total. The van der Waals surface area contributed by atoms with Crippen LogP contribution < -0.4 is 0 Å². The quantitative estimate of drug-likeness (QED) is 0.568. The molecule has 0 fully saturated rings. The average molecular weight is 146 g/mol.